The number of aryl methyl sites for hydroxylation is 3. The van der Waals surface area contributed by atoms with Gasteiger partial charge in [-0.15, -0.1) is 0 Å². The van der Waals surface area contributed by atoms with Crippen molar-refractivity contribution in [3.05, 3.63) is 47.2 Å². The summed E-state index contributed by atoms with van der Waals surface area (Å²) < 4.78 is 13.3. The van der Waals surface area contributed by atoms with Crippen LogP contribution in [0.15, 0.2) is 24.3 Å². The fraction of sp³-hybridized carbons (Fsp3) is 0.286. The molecule has 0 saturated heterocycles. The molecule has 0 N–H and O–H groups in total. The Morgan fingerprint density at radius 1 is 1.17 bits per heavy atom. The van der Waals surface area contributed by atoms with Crippen molar-refractivity contribution in [2.24, 2.45) is 0 Å². The van der Waals surface area contributed by atoms with Crippen molar-refractivity contribution in [2.45, 2.75) is 20.3 Å². The molecule has 1 heterocycles. The number of thiol groups is 1. The monoisotopic (exact) mass is 262 g/mol. The Balaban J connectivity index is 2.46. The maximum atomic E-state index is 13.3. The highest BCUT2D eigenvalue weighted by molar-refractivity contribution is 7.80. The molecule has 2 aromatic rings. The summed E-state index contributed by atoms with van der Waals surface area (Å²) >= 11 is 4.19. The fourth-order valence-corrected chi connectivity index (χ4v) is 1.99. The highest BCUT2D eigenvalue weighted by Crippen LogP contribution is 2.20. The lowest BCUT2D eigenvalue weighted by molar-refractivity contribution is 0.618. The number of hydrogen-bond donors (Lipinski definition) is 1. The lowest BCUT2D eigenvalue weighted by Gasteiger charge is -2.06. The summed E-state index contributed by atoms with van der Waals surface area (Å²) in [4.78, 5) is 8.84. The van der Waals surface area contributed by atoms with Crippen LogP contribution >= 0.6 is 12.6 Å². The van der Waals surface area contributed by atoms with Crippen LogP contribution in [0.2, 0.25) is 0 Å². The van der Waals surface area contributed by atoms with Gasteiger partial charge in [-0.3, -0.25) is 0 Å². The molecule has 0 atom stereocenters. The van der Waals surface area contributed by atoms with Gasteiger partial charge >= 0.3 is 0 Å². The van der Waals surface area contributed by atoms with Crippen LogP contribution < -0.4 is 0 Å². The van der Waals surface area contributed by atoms with E-state index >= 15 is 0 Å². The molecule has 0 unspecified atom stereocenters. The van der Waals surface area contributed by atoms with Crippen molar-refractivity contribution in [2.75, 3.05) is 5.75 Å². The zero-order valence-corrected chi connectivity index (χ0v) is 11.3. The van der Waals surface area contributed by atoms with Crippen LogP contribution in [0.3, 0.4) is 0 Å². The Morgan fingerprint density at radius 2 is 1.94 bits per heavy atom. The second kappa shape index (κ2) is 5.48. The minimum atomic E-state index is -0.194. The maximum Gasteiger partial charge on any atom is 0.130 e. The normalized spacial score (nSPS) is 10.7. The van der Waals surface area contributed by atoms with Gasteiger partial charge < -0.3 is 0 Å². The number of benzene rings is 1. The Hall–Kier alpha value is -1.42. The molecule has 0 amide bonds. The lowest BCUT2D eigenvalue weighted by Crippen LogP contribution is -2.00. The molecule has 0 radical (unpaired) electrons. The van der Waals surface area contributed by atoms with Gasteiger partial charge in [0, 0.05) is 17.7 Å². The van der Waals surface area contributed by atoms with Gasteiger partial charge in [0.2, 0.25) is 0 Å². The van der Waals surface area contributed by atoms with Gasteiger partial charge in [0.25, 0.3) is 0 Å². The third-order valence-corrected chi connectivity index (χ3v) is 2.91. The minimum absolute atomic E-state index is 0.194. The predicted molar refractivity (Wildman–Crippen MR) is 74.5 cm³/mol. The molecular weight excluding hydrogens is 247 g/mol. The lowest BCUT2D eigenvalue weighted by atomic mass is 10.1. The van der Waals surface area contributed by atoms with E-state index in [0.29, 0.717) is 11.3 Å². The summed E-state index contributed by atoms with van der Waals surface area (Å²) in [5.74, 6) is 1.30. The van der Waals surface area contributed by atoms with E-state index in [-0.39, 0.29) is 5.82 Å². The van der Waals surface area contributed by atoms with Crippen LogP contribution in [0.25, 0.3) is 11.3 Å². The standard InChI is InChI=1S/C14H15FN2S/c1-9-7-11(3-4-12(9)15)13-8-10(2)16-14(17-13)5-6-18/h3-4,7-8,18H,5-6H2,1-2H3. The first-order chi connectivity index (χ1) is 8.60. The van der Waals surface area contributed by atoms with Crippen LogP contribution in [0, 0.1) is 19.7 Å². The second-order valence-corrected chi connectivity index (χ2v) is 4.70. The second-order valence-electron chi connectivity index (χ2n) is 4.25. The first-order valence-corrected chi connectivity index (χ1v) is 6.45. The zero-order valence-electron chi connectivity index (χ0n) is 10.4. The van der Waals surface area contributed by atoms with E-state index in [9.17, 15) is 4.39 Å². The van der Waals surface area contributed by atoms with E-state index in [1.165, 1.54) is 6.07 Å². The first kappa shape index (κ1) is 13.0. The smallest absolute Gasteiger partial charge is 0.130 e. The third kappa shape index (κ3) is 2.88. The van der Waals surface area contributed by atoms with Gasteiger partial charge in [-0.05, 0) is 49.4 Å². The van der Waals surface area contributed by atoms with Gasteiger partial charge in [-0.2, -0.15) is 12.6 Å². The van der Waals surface area contributed by atoms with Gasteiger partial charge in [0.15, 0.2) is 0 Å². The van der Waals surface area contributed by atoms with E-state index < -0.39 is 0 Å². The van der Waals surface area contributed by atoms with Crippen molar-refractivity contribution in [1.29, 1.82) is 0 Å². The van der Waals surface area contributed by atoms with E-state index in [1.807, 2.05) is 19.1 Å². The Kier molecular flexibility index (Phi) is 3.97. The van der Waals surface area contributed by atoms with Crippen LogP contribution in [0.4, 0.5) is 4.39 Å². The van der Waals surface area contributed by atoms with E-state index in [0.717, 1.165) is 29.2 Å². The molecular formula is C14H15FN2S. The molecule has 2 rings (SSSR count). The molecule has 0 spiro atoms. The zero-order chi connectivity index (χ0) is 13.1. The van der Waals surface area contributed by atoms with Gasteiger partial charge in [-0.25, -0.2) is 14.4 Å². The number of rotatable bonds is 3. The first-order valence-electron chi connectivity index (χ1n) is 5.82. The Labute approximate surface area is 112 Å². The summed E-state index contributed by atoms with van der Waals surface area (Å²) in [6.07, 6.45) is 0.734. The molecule has 0 aliphatic rings. The molecule has 18 heavy (non-hydrogen) atoms. The molecule has 94 valence electrons. The van der Waals surface area contributed by atoms with Gasteiger partial charge in [0.05, 0.1) is 5.69 Å². The summed E-state index contributed by atoms with van der Waals surface area (Å²) in [5, 5.41) is 0. The number of hydrogen-bond acceptors (Lipinski definition) is 3. The van der Waals surface area contributed by atoms with E-state index in [4.69, 9.17) is 0 Å². The van der Waals surface area contributed by atoms with E-state index in [2.05, 4.69) is 22.6 Å². The SMILES string of the molecule is Cc1cc(-c2ccc(F)c(C)c2)nc(CCS)n1. The van der Waals surface area contributed by atoms with Crippen molar-refractivity contribution in [3.63, 3.8) is 0 Å². The fourth-order valence-electron chi connectivity index (χ4n) is 1.79. The Bertz CT molecular complexity index is 570. The summed E-state index contributed by atoms with van der Waals surface area (Å²) in [6, 6.07) is 6.94. The van der Waals surface area contributed by atoms with Gasteiger partial charge in [-0.1, -0.05) is 0 Å². The van der Waals surface area contributed by atoms with E-state index in [1.54, 1.807) is 13.0 Å². The molecule has 1 aromatic heterocycles. The van der Waals surface area contributed by atoms with Crippen molar-refractivity contribution in [1.82, 2.24) is 9.97 Å². The predicted octanol–water partition coefficient (Wildman–Crippen LogP) is 3.37. The molecule has 0 fully saturated rings. The van der Waals surface area contributed by atoms with Crippen LogP contribution in [-0.4, -0.2) is 15.7 Å². The number of aromatic nitrogens is 2. The minimum Gasteiger partial charge on any atom is -0.238 e. The molecule has 1 aromatic carbocycles. The molecule has 2 nitrogen and oxygen atoms in total. The topological polar surface area (TPSA) is 25.8 Å². The molecule has 0 aliphatic carbocycles. The number of halogens is 1. The average molecular weight is 262 g/mol. The third-order valence-electron chi connectivity index (χ3n) is 2.69. The van der Waals surface area contributed by atoms with Crippen molar-refractivity contribution >= 4 is 12.6 Å². The quantitative estimate of drug-likeness (QED) is 0.858. The van der Waals surface area contributed by atoms with Crippen LogP contribution in [0.1, 0.15) is 17.1 Å². The van der Waals surface area contributed by atoms with Crippen LogP contribution in [-0.2, 0) is 6.42 Å². The summed E-state index contributed by atoms with van der Waals surface area (Å²) in [5.41, 5.74) is 3.29. The van der Waals surface area contributed by atoms with Crippen molar-refractivity contribution < 1.29 is 4.39 Å². The highest BCUT2D eigenvalue weighted by Gasteiger charge is 2.06. The highest BCUT2D eigenvalue weighted by atomic mass is 32.1. The van der Waals surface area contributed by atoms with Crippen LogP contribution in [0.5, 0.6) is 0 Å². The summed E-state index contributed by atoms with van der Waals surface area (Å²) in [6.45, 7) is 3.69. The molecule has 0 bridgehead atoms. The molecule has 0 saturated carbocycles. The summed E-state index contributed by atoms with van der Waals surface area (Å²) in [7, 11) is 0. The molecule has 4 heteroatoms. The molecule has 0 aliphatic heterocycles. The Morgan fingerprint density at radius 3 is 2.61 bits per heavy atom. The largest absolute Gasteiger partial charge is 0.238 e. The maximum absolute atomic E-state index is 13.3. The van der Waals surface area contributed by atoms with Crippen molar-refractivity contribution in [3.8, 4) is 11.3 Å². The van der Waals surface area contributed by atoms with Gasteiger partial charge in [0.1, 0.15) is 11.6 Å². The number of nitrogens with zero attached hydrogens (tertiary/aromatic N) is 2. The average Bonchev–Trinajstić information content (AvgIpc) is 2.32.